The number of fused-ring (bicyclic) bond motifs is 3. The van der Waals surface area contributed by atoms with Crippen LogP contribution in [0.5, 0.6) is 0 Å². The van der Waals surface area contributed by atoms with Gasteiger partial charge in [-0.3, -0.25) is 0 Å². The number of rotatable bonds is 2. The molecule has 1 N–H and O–H groups in total. The van der Waals surface area contributed by atoms with Gasteiger partial charge in [-0.05, 0) is 24.3 Å². The smallest absolute Gasteiger partial charge is 0.0957 e. The highest BCUT2D eigenvalue weighted by molar-refractivity contribution is 5.69. The van der Waals surface area contributed by atoms with Gasteiger partial charge in [0.2, 0.25) is 0 Å². The lowest BCUT2D eigenvalue weighted by atomic mass is 9.86. The monoisotopic (exact) mass is 270 g/mol. The lowest BCUT2D eigenvalue weighted by Gasteiger charge is -2.31. The second-order valence-corrected chi connectivity index (χ2v) is 5.66. The van der Waals surface area contributed by atoms with E-state index >= 15 is 0 Å². The van der Waals surface area contributed by atoms with Gasteiger partial charge in [0.05, 0.1) is 30.4 Å². The van der Waals surface area contributed by atoms with Crippen LogP contribution >= 0.6 is 0 Å². The zero-order chi connectivity index (χ0) is 13.5. The van der Waals surface area contributed by atoms with Crippen molar-refractivity contribution in [1.29, 1.82) is 0 Å². The molecule has 4 heteroatoms. The maximum Gasteiger partial charge on any atom is 0.0957 e. The van der Waals surface area contributed by atoms with E-state index in [4.69, 9.17) is 4.74 Å². The number of aliphatic hydroxyl groups excluding tert-OH is 1. The summed E-state index contributed by atoms with van der Waals surface area (Å²) >= 11 is 0. The topological polar surface area (TPSA) is 47.3 Å². The van der Waals surface area contributed by atoms with Crippen molar-refractivity contribution in [2.45, 2.75) is 25.0 Å². The molecule has 2 aromatic rings. The molecule has 0 saturated carbocycles. The number of hydrogen-bond acceptors (Lipinski definition) is 3. The van der Waals surface area contributed by atoms with E-state index in [9.17, 15) is 5.11 Å². The van der Waals surface area contributed by atoms with Crippen molar-refractivity contribution in [1.82, 2.24) is 9.55 Å². The quantitative estimate of drug-likeness (QED) is 0.910. The molecule has 1 aromatic carbocycles. The number of benzene rings is 1. The average molecular weight is 270 g/mol. The number of ether oxygens (including phenoxy) is 1. The van der Waals surface area contributed by atoms with E-state index in [1.165, 1.54) is 11.1 Å². The Morgan fingerprint density at radius 3 is 2.90 bits per heavy atom. The molecule has 0 amide bonds. The summed E-state index contributed by atoms with van der Waals surface area (Å²) < 4.78 is 7.52. The fourth-order valence-electron chi connectivity index (χ4n) is 3.54. The number of hydrogen-bond donors (Lipinski definition) is 1. The molecule has 4 rings (SSSR count). The minimum atomic E-state index is -0.379. The predicted octanol–water partition coefficient (Wildman–Crippen LogP) is 2.24. The van der Waals surface area contributed by atoms with Gasteiger partial charge in [0.15, 0.2) is 0 Å². The Hall–Kier alpha value is -1.65. The second kappa shape index (κ2) is 4.72. The molecule has 0 unspecified atom stereocenters. The van der Waals surface area contributed by atoms with Crippen LogP contribution in [0.3, 0.4) is 0 Å². The van der Waals surface area contributed by atoms with E-state index < -0.39 is 0 Å². The highest BCUT2D eigenvalue weighted by Crippen LogP contribution is 2.43. The van der Waals surface area contributed by atoms with Crippen molar-refractivity contribution < 1.29 is 9.84 Å². The first-order chi connectivity index (χ1) is 9.86. The lowest BCUT2D eigenvalue weighted by molar-refractivity contribution is -0.00620. The average Bonchev–Trinajstić information content (AvgIpc) is 3.08. The molecule has 3 heterocycles. The highest BCUT2D eigenvalue weighted by Gasteiger charge is 2.37. The molecule has 4 nitrogen and oxygen atoms in total. The molecule has 104 valence electrons. The zero-order valence-electron chi connectivity index (χ0n) is 11.3. The van der Waals surface area contributed by atoms with Crippen LogP contribution in [-0.2, 0) is 4.74 Å². The Morgan fingerprint density at radius 2 is 2.05 bits per heavy atom. The van der Waals surface area contributed by atoms with Crippen molar-refractivity contribution in [3.05, 3.63) is 42.4 Å². The van der Waals surface area contributed by atoms with Gasteiger partial charge in [0, 0.05) is 18.8 Å². The first-order valence-corrected chi connectivity index (χ1v) is 7.23. The maximum atomic E-state index is 10.9. The van der Waals surface area contributed by atoms with E-state index in [-0.39, 0.29) is 12.1 Å². The molecule has 1 saturated heterocycles. The normalized spacial score (nSPS) is 23.4. The minimum absolute atomic E-state index is 0.00759. The molecule has 0 aliphatic carbocycles. The Morgan fingerprint density at radius 1 is 1.25 bits per heavy atom. The third-order valence-corrected chi connectivity index (χ3v) is 4.59. The molecule has 2 atom stereocenters. The zero-order valence-corrected chi connectivity index (χ0v) is 11.3. The lowest BCUT2D eigenvalue weighted by Crippen LogP contribution is -2.34. The molecule has 20 heavy (non-hydrogen) atoms. The SMILES string of the molecule is O[C@H](C1CCOCC1)[C@@H]1c2ccccc2-c2cncn21. The molecule has 2 aliphatic rings. The molecule has 0 spiro atoms. The van der Waals surface area contributed by atoms with Crippen molar-refractivity contribution in [3.8, 4) is 11.3 Å². The molecule has 1 aromatic heterocycles. The van der Waals surface area contributed by atoms with Gasteiger partial charge in [0.1, 0.15) is 0 Å². The van der Waals surface area contributed by atoms with Gasteiger partial charge < -0.3 is 14.4 Å². The predicted molar refractivity (Wildman–Crippen MR) is 75.4 cm³/mol. The van der Waals surface area contributed by atoms with E-state index in [0.717, 1.165) is 31.7 Å². The van der Waals surface area contributed by atoms with Crippen LogP contribution in [-0.4, -0.2) is 34.0 Å². The van der Waals surface area contributed by atoms with Crippen LogP contribution in [0.15, 0.2) is 36.8 Å². The minimum Gasteiger partial charge on any atom is -0.390 e. The summed E-state index contributed by atoms with van der Waals surface area (Å²) in [6.45, 7) is 1.51. The van der Waals surface area contributed by atoms with Crippen LogP contribution in [0.2, 0.25) is 0 Å². The van der Waals surface area contributed by atoms with Gasteiger partial charge in [0.25, 0.3) is 0 Å². The largest absolute Gasteiger partial charge is 0.390 e. The summed E-state index contributed by atoms with van der Waals surface area (Å²) in [5, 5.41) is 10.9. The number of nitrogens with zero attached hydrogens (tertiary/aromatic N) is 2. The van der Waals surface area contributed by atoms with Crippen molar-refractivity contribution in [3.63, 3.8) is 0 Å². The molecule has 0 radical (unpaired) electrons. The third kappa shape index (κ3) is 1.72. The van der Waals surface area contributed by atoms with Crippen LogP contribution in [0.4, 0.5) is 0 Å². The van der Waals surface area contributed by atoms with Gasteiger partial charge in [-0.25, -0.2) is 4.98 Å². The number of imidazole rings is 1. The van der Waals surface area contributed by atoms with Crippen molar-refractivity contribution in [2.75, 3.05) is 13.2 Å². The summed E-state index contributed by atoms with van der Waals surface area (Å²) in [6.07, 6.45) is 5.21. The molecule has 1 fully saturated rings. The summed E-state index contributed by atoms with van der Waals surface area (Å²) in [4.78, 5) is 4.25. The van der Waals surface area contributed by atoms with E-state index in [0.29, 0.717) is 5.92 Å². The first kappa shape index (κ1) is 12.1. The fourth-order valence-corrected chi connectivity index (χ4v) is 3.54. The highest BCUT2D eigenvalue weighted by atomic mass is 16.5. The van der Waals surface area contributed by atoms with Crippen LogP contribution in [0.25, 0.3) is 11.3 Å². The van der Waals surface area contributed by atoms with Crippen LogP contribution in [0, 0.1) is 5.92 Å². The molecular formula is C16H18N2O2. The van der Waals surface area contributed by atoms with Gasteiger partial charge >= 0.3 is 0 Å². The van der Waals surface area contributed by atoms with Crippen molar-refractivity contribution in [2.24, 2.45) is 5.92 Å². The van der Waals surface area contributed by atoms with Crippen LogP contribution < -0.4 is 0 Å². The van der Waals surface area contributed by atoms with Gasteiger partial charge in [-0.2, -0.15) is 0 Å². The van der Waals surface area contributed by atoms with Crippen LogP contribution in [0.1, 0.15) is 24.4 Å². The number of aromatic nitrogens is 2. The summed E-state index contributed by atoms with van der Waals surface area (Å²) in [6, 6.07) is 8.31. The number of aliphatic hydroxyl groups is 1. The Bertz CT molecular complexity index is 616. The maximum absolute atomic E-state index is 10.9. The van der Waals surface area contributed by atoms with Gasteiger partial charge in [-0.15, -0.1) is 0 Å². The Balaban J connectivity index is 1.74. The molecule has 2 aliphatic heterocycles. The Kier molecular flexibility index (Phi) is 2.86. The second-order valence-electron chi connectivity index (χ2n) is 5.66. The van der Waals surface area contributed by atoms with E-state index in [2.05, 4.69) is 21.7 Å². The molecular weight excluding hydrogens is 252 g/mol. The first-order valence-electron chi connectivity index (χ1n) is 7.23. The summed E-state index contributed by atoms with van der Waals surface area (Å²) in [7, 11) is 0. The third-order valence-electron chi connectivity index (χ3n) is 4.59. The van der Waals surface area contributed by atoms with E-state index in [1.807, 2.05) is 24.7 Å². The van der Waals surface area contributed by atoms with Crippen molar-refractivity contribution >= 4 is 0 Å². The Labute approximate surface area is 118 Å². The molecule has 0 bridgehead atoms. The van der Waals surface area contributed by atoms with Gasteiger partial charge in [-0.1, -0.05) is 24.3 Å². The fraction of sp³-hybridized carbons (Fsp3) is 0.438. The standard InChI is InChI=1S/C16H18N2O2/c19-16(11-5-7-20-8-6-11)15-13-4-2-1-3-12(13)14-9-17-10-18(14)15/h1-4,9-11,15-16,19H,5-8H2/t15-,16+/m0/s1. The van der Waals surface area contributed by atoms with E-state index in [1.54, 1.807) is 0 Å². The summed E-state index contributed by atoms with van der Waals surface area (Å²) in [5.74, 6) is 0.301. The summed E-state index contributed by atoms with van der Waals surface area (Å²) in [5.41, 5.74) is 3.52.